The first-order chi connectivity index (χ1) is 12.3. The molecule has 2 aromatic rings. The molecule has 0 radical (unpaired) electrons. The van der Waals surface area contributed by atoms with Crippen LogP contribution in [0.4, 0.5) is 0 Å². The molecule has 1 fully saturated rings. The van der Waals surface area contributed by atoms with Gasteiger partial charge in [0, 0.05) is 37.3 Å². The number of carbonyl (C=O) groups excluding carboxylic acids is 1. The van der Waals surface area contributed by atoms with Gasteiger partial charge in [-0.25, -0.2) is 4.98 Å². The summed E-state index contributed by atoms with van der Waals surface area (Å²) < 4.78 is 10.9. The van der Waals surface area contributed by atoms with Gasteiger partial charge in [-0.2, -0.15) is 0 Å². The zero-order chi connectivity index (χ0) is 17.2. The maximum absolute atomic E-state index is 12.5. The Morgan fingerprint density at radius 3 is 2.80 bits per heavy atom. The monoisotopic (exact) mass is 341 g/mol. The Morgan fingerprint density at radius 1 is 1.20 bits per heavy atom. The van der Waals surface area contributed by atoms with Gasteiger partial charge in [0.15, 0.2) is 0 Å². The highest BCUT2D eigenvalue weighted by Gasteiger charge is 2.29. The first kappa shape index (κ1) is 16.1. The molecule has 1 saturated heterocycles. The Morgan fingerprint density at radius 2 is 2.00 bits per heavy atom. The number of para-hydroxylation sites is 1. The van der Waals surface area contributed by atoms with Crippen molar-refractivity contribution in [3.63, 3.8) is 0 Å². The molecule has 1 aromatic carbocycles. The highest BCUT2D eigenvalue weighted by molar-refractivity contribution is 5.94. The van der Waals surface area contributed by atoms with Crippen LogP contribution < -0.4 is 10.1 Å². The predicted octanol–water partition coefficient (Wildman–Crippen LogP) is 2.38. The number of hydrogen-bond donors (Lipinski definition) is 2. The van der Waals surface area contributed by atoms with Crippen molar-refractivity contribution in [1.29, 1.82) is 0 Å². The number of nitrogens with zero attached hydrogens (tertiary/aromatic N) is 1. The Bertz CT molecular complexity index is 765. The highest BCUT2D eigenvalue weighted by atomic mass is 16.5. The third kappa shape index (κ3) is 3.14. The zero-order valence-electron chi connectivity index (χ0n) is 14.4. The predicted molar refractivity (Wildman–Crippen MR) is 93.2 cm³/mol. The first-order valence-corrected chi connectivity index (χ1v) is 8.84. The van der Waals surface area contributed by atoms with E-state index in [1.807, 2.05) is 18.2 Å². The molecule has 0 aliphatic carbocycles. The lowest BCUT2D eigenvalue weighted by molar-refractivity contribution is 0.0836. The van der Waals surface area contributed by atoms with E-state index in [9.17, 15) is 4.79 Å². The zero-order valence-corrected chi connectivity index (χ0v) is 14.4. The first-order valence-electron chi connectivity index (χ1n) is 8.84. The van der Waals surface area contributed by atoms with Crippen molar-refractivity contribution >= 4 is 5.91 Å². The van der Waals surface area contributed by atoms with Crippen LogP contribution in [0.5, 0.6) is 5.75 Å². The Labute approximate surface area is 146 Å². The van der Waals surface area contributed by atoms with Crippen LogP contribution in [-0.4, -0.2) is 42.7 Å². The van der Waals surface area contributed by atoms with Crippen LogP contribution in [0.2, 0.25) is 0 Å². The van der Waals surface area contributed by atoms with Gasteiger partial charge >= 0.3 is 0 Å². The van der Waals surface area contributed by atoms with Crippen molar-refractivity contribution in [3.8, 4) is 5.75 Å². The molecule has 132 valence electrons. The number of nitrogens with one attached hydrogen (secondary N) is 2. The second-order valence-corrected chi connectivity index (χ2v) is 6.69. The molecule has 1 aromatic heterocycles. The minimum atomic E-state index is -0.0954. The molecule has 0 unspecified atom stereocenters. The number of rotatable bonds is 3. The summed E-state index contributed by atoms with van der Waals surface area (Å²) in [6.45, 7) is 2.09. The fourth-order valence-corrected chi connectivity index (χ4v) is 3.77. The number of carbonyl (C=O) groups is 1. The number of fused-ring (bicyclic) bond motifs is 1. The van der Waals surface area contributed by atoms with E-state index in [0.717, 1.165) is 55.3 Å². The van der Waals surface area contributed by atoms with Crippen molar-refractivity contribution in [2.75, 3.05) is 26.9 Å². The molecule has 4 rings (SSSR count). The van der Waals surface area contributed by atoms with Gasteiger partial charge in [0.05, 0.1) is 7.11 Å². The summed E-state index contributed by atoms with van der Waals surface area (Å²) in [6.07, 6.45) is 2.64. The van der Waals surface area contributed by atoms with Crippen LogP contribution in [0.1, 0.15) is 52.2 Å². The number of aromatic amines is 1. The number of benzene rings is 1. The lowest BCUT2D eigenvalue weighted by Gasteiger charge is -2.20. The van der Waals surface area contributed by atoms with Crippen LogP contribution in [0.25, 0.3) is 0 Å². The highest BCUT2D eigenvalue weighted by Crippen LogP contribution is 2.32. The largest absolute Gasteiger partial charge is 0.496 e. The molecule has 2 N–H and O–H groups in total. The number of ether oxygens (including phenoxy) is 2. The number of hydrogen-bond acceptors (Lipinski definition) is 4. The smallest absolute Gasteiger partial charge is 0.271 e. The number of aromatic nitrogens is 2. The molecule has 2 aliphatic heterocycles. The summed E-state index contributed by atoms with van der Waals surface area (Å²) in [6, 6.07) is 7.99. The third-order valence-corrected chi connectivity index (χ3v) is 5.16. The molecule has 1 amide bonds. The molecule has 6 nitrogen and oxygen atoms in total. The summed E-state index contributed by atoms with van der Waals surface area (Å²) in [4.78, 5) is 20.6. The summed E-state index contributed by atoms with van der Waals surface area (Å²) in [5, 5.41) is 3.02. The van der Waals surface area contributed by atoms with E-state index >= 15 is 0 Å². The van der Waals surface area contributed by atoms with Gasteiger partial charge in [0.25, 0.3) is 5.91 Å². The number of methoxy groups -OCH3 is 1. The van der Waals surface area contributed by atoms with Crippen molar-refractivity contribution in [2.45, 2.75) is 31.1 Å². The molecule has 1 atom stereocenters. The Balaban J connectivity index is 1.64. The normalized spacial score (nSPS) is 21.3. The van der Waals surface area contributed by atoms with E-state index in [1.54, 1.807) is 7.11 Å². The molecule has 0 bridgehead atoms. The summed E-state index contributed by atoms with van der Waals surface area (Å²) in [7, 11) is 1.68. The Hall–Kier alpha value is -2.34. The van der Waals surface area contributed by atoms with Crippen LogP contribution >= 0.6 is 0 Å². The quantitative estimate of drug-likeness (QED) is 0.899. The van der Waals surface area contributed by atoms with E-state index in [-0.39, 0.29) is 11.8 Å². The van der Waals surface area contributed by atoms with Gasteiger partial charge in [-0.1, -0.05) is 18.2 Å². The van der Waals surface area contributed by atoms with Crippen LogP contribution in [0.3, 0.4) is 0 Å². The van der Waals surface area contributed by atoms with Gasteiger partial charge in [-0.05, 0) is 30.9 Å². The third-order valence-electron chi connectivity index (χ3n) is 5.16. The summed E-state index contributed by atoms with van der Waals surface area (Å²) >= 11 is 0. The molecule has 0 saturated carbocycles. The summed E-state index contributed by atoms with van der Waals surface area (Å²) in [5.74, 6) is 2.18. The van der Waals surface area contributed by atoms with Gasteiger partial charge in [-0.3, -0.25) is 4.79 Å². The van der Waals surface area contributed by atoms with Crippen molar-refractivity contribution < 1.29 is 14.3 Å². The topological polar surface area (TPSA) is 76.2 Å². The Kier molecular flexibility index (Phi) is 4.44. The van der Waals surface area contributed by atoms with Gasteiger partial charge < -0.3 is 19.8 Å². The minimum Gasteiger partial charge on any atom is -0.496 e. The fourth-order valence-electron chi connectivity index (χ4n) is 3.77. The second kappa shape index (κ2) is 6.88. The maximum Gasteiger partial charge on any atom is 0.271 e. The van der Waals surface area contributed by atoms with Gasteiger partial charge in [0.2, 0.25) is 0 Å². The number of imidazole rings is 1. The lowest BCUT2D eigenvalue weighted by Crippen LogP contribution is -2.27. The van der Waals surface area contributed by atoms with Crippen molar-refractivity contribution in [3.05, 3.63) is 47.0 Å². The number of amides is 1. The van der Waals surface area contributed by atoms with Crippen LogP contribution in [0.15, 0.2) is 24.3 Å². The fraction of sp³-hybridized carbons (Fsp3) is 0.474. The van der Waals surface area contributed by atoms with Crippen molar-refractivity contribution in [1.82, 2.24) is 15.3 Å². The van der Waals surface area contributed by atoms with Crippen molar-refractivity contribution in [2.24, 2.45) is 0 Å². The van der Waals surface area contributed by atoms with E-state index < -0.39 is 0 Å². The van der Waals surface area contributed by atoms with E-state index in [0.29, 0.717) is 18.2 Å². The van der Waals surface area contributed by atoms with Gasteiger partial charge in [-0.15, -0.1) is 0 Å². The molecule has 2 aliphatic rings. The van der Waals surface area contributed by atoms with E-state index in [2.05, 4.69) is 21.4 Å². The van der Waals surface area contributed by atoms with Crippen LogP contribution in [-0.2, 0) is 11.2 Å². The average molecular weight is 341 g/mol. The molecule has 25 heavy (non-hydrogen) atoms. The molecule has 3 heterocycles. The van der Waals surface area contributed by atoms with Crippen LogP contribution in [0, 0.1) is 0 Å². The number of H-pyrrole nitrogens is 1. The molecule has 6 heteroatoms. The maximum atomic E-state index is 12.5. The summed E-state index contributed by atoms with van der Waals surface area (Å²) in [5.41, 5.74) is 2.58. The molecule has 0 spiro atoms. The average Bonchev–Trinajstić information content (AvgIpc) is 3.03. The SMILES string of the molecule is COc1ccccc1[C@H]1CNC(=O)c2nc(C3CCOCC3)[nH]c2C1. The van der Waals surface area contributed by atoms with Gasteiger partial charge in [0.1, 0.15) is 17.3 Å². The molecular weight excluding hydrogens is 318 g/mol. The van der Waals surface area contributed by atoms with E-state index in [4.69, 9.17) is 9.47 Å². The second-order valence-electron chi connectivity index (χ2n) is 6.69. The minimum absolute atomic E-state index is 0.0954. The standard InChI is InChI=1S/C19H23N3O3/c1-24-16-5-3-2-4-14(16)13-10-15-17(19(23)20-11-13)22-18(21-15)12-6-8-25-9-7-12/h2-5,12-13H,6-11H2,1H3,(H,20,23)(H,21,22)/t13-/m1/s1. The molecular formula is C19H23N3O3. The van der Waals surface area contributed by atoms with E-state index in [1.165, 1.54) is 0 Å². The lowest BCUT2D eigenvalue weighted by atomic mass is 9.93.